The van der Waals surface area contributed by atoms with Crippen LogP contribution in [0.15, 0.2) is 48.9 Å². The number of alkyl halides is 2. The number of halogens is 2. The van der Waals surface area contributed by atoms with E-state index < -0.39 is 13.0 Å². The van der Waals surface area contributed by atoms with Crippen molar-refractivity contribution in [3.63, 3.8) is 0 Å². The van der Waals surface area contributed by atoms with Gasteiger partial charge in [0.05, 0.1) is 30.5 Å². The first-order valence-electron chi connectivity index (χ1n) is 7.95. The molecule has 4 rings (SSSR count). The highest BCUT2D eigenvalue weighted by atomic mass is 19.3. The van der Waals surface area contributed by atoms with Crippen LogP contribution in [0, 0.1) is 11.3 Å². The molecule has 9 heteroatoms. The van der Waals surface area contributed by atoms with Crippen LogP contribution >= 0.6 is 0 Å². The van der Waals surface area contributed by atoms with Crippen molar-refractivity contribution in [2.45, 2.75) is 13.0 Å². The van der Waals surface area contributed by atoms with Gasteiger partial charge in [-0.25, -0.2) is 23.3 Å². The third kappa shape index (κ3) is 2.97. The lowest BCUT2D eigenvalue weighted by atomic mass is 10.1. The Morgan fingerprint density at radius 2 is 2.04 bits per heavy atom. The molecule has 0 aliphatic carbocycles. The molecule has 0 aliphatic rings. The summed E-state index contributed by atoms with van der Waals surface area (Å²) in [7, 11) is 0. The van der Waals surface area contributed by atoms with Crippen molar-refractivity contribution in [3.8, 4) is 34.5 Å². The van der Waals surface area contributed by atoms with Crippen LogP contribution in [-0.2, 0) is 6.54 Å². The average Bonchev–Trinajstić information content (AvgIpc) is 3.24. The van der Waals surface area contributed by atoms with Crippen LogP contribution in [-0.4, -0.2) is 35.7 Å². The molecule has 0 atom stereocenters. The van der Waals surface area contributed by atoms with Crippen LogP contribution in [0.1, 0.15) is 5.69 Å². The minimum atomic E-state index is -2.58. The summed E-state index contributed by atoms with van der Waals surface area (Å²) in [5, 5.41) is 23.3. The Kier molecular flexibility index (Phi) is 4.01. The predicted molar refractivity (Wildman–Crippen MR) is 92.0 cm³/mol. The topological polar surface area (TPSA) is 92.0 Å². The van der Waals surface area contributed by atoms with E-state index in [1.165, 1.54) is 33.7 Å². The molecule has 0 spiro atoms. The fraction of sp³-hybridized carbons (Fsp3) is 0.111. The highest BCUT2D eigenvalue weighted by molar-refractivity contribution is 5.77. The van der Waals surface area contributed by atoms with E-state index >= 15 is 0 Å². The molecule has 0 radical (unpaired) electrons. The van der Waals surface area contributed by atoms with E-state index in [4.69, 9.17) is 0 Å². The SMILES string of the molecule is N#Cc1cnc2ccc(-c3c(-c4cccc(O)c4)ncn3CC(F)F)nn12. The van der Waals surface area contributed by atoms with E-state index in [1.807, 2.05) is 6.07 Å². The number of imidazole rings is 2. The molecule has 134 valence electrons. The Labute approximate surface area is 151 Å². The zero-order valence-electron chi connectivity index (χ0n) is 13.8. The fourth-order valence-corrected chi connectivity index (χ4v) is 2.88. The van der Waals surface area contributed by atoms with Gasteiger partial charge in [0.15, 0.2) is 11.3 Å². The Hall–Kier alpha value is -3.80. The second kappa shape index (κ2) is 6.49. The van der Waals surface area contributed by atoms with E-state index in [1.54, 1.807) is 24.3 Å². The Balaban J connectivity index is 1.95. The number of fused-ring (bicyclic) bond motifs is 1. The van der Waals surface area contributed by atoms with Crippen LogP contribution in [0.2, 0.25) is 0 Å². The zero-order valence-corrected chi connectivity index (χ0v) is 13.8. The lowest BCUT2D eigenvalue weighted by Crippen LogP contribution is -2.08. The van der Waals surface area contributed by atoms with E-state index in [2.05, 4.69) is 15.1 Å². The molecular weight excluding hydrogens is 354 g/mol. The molecule has 27 heavy (non-hydrogen) atoms. The molecular formula is C18H12F2N6O. The van der Waals surface area contributed by atoms with Gasteiger partial charge in [0.1, 0.15) is 17.5 Å². The Morgan fingerprint density at radius 3 is 2.78 bits per heavy atom. The minimum Gasteiger partial charge on any atom is -0.508 e. The van der Waals surface area contributed by atoms with Crippen molar-refractivity contribution in [2.75, 3.05) is 0 Å². The molecule has 0 aliphatic heterocycles. The largest absolute Gasteiger partial charge is 0.508 e. The summed E-state index contributed by atoms with van der Waals surface area (Å²) in [5.74, 6) is 0.0339. The first-order chi connectivity index (χ1) is 13.1. The zero-order chi connectivity index (χ0) is 19.0. The van der Waals surface area contributed by atoms with Gasteiger partial charge in [-0.15, -0.1) is 0 Å². The number of benzene rings is 1. The lowest BCUT2D eigenvalue weighted by molar-refractivity contribution is 0.127. The third-order valence-corrected chi connectivity index (χ3v) is 4.01. The molecule has 3 aromatic heterocycles. The number of aromatic hydroxyl groups is 1. The number of phenolic OH excluding ortho intramolecular Hbond substituents is 1. The molecule has 4 aromatic rings. The standard InChI is InChI=1S/C18H12F2N6O/c19-15(20)9-25-10-23-17(11-2-1-3-13(27)6-11)18(25)14-4-5-16-22-8-12(7-21)26(16)24-14/h1-6,8,10,15,27H,9H2. The smallest absolute Gasteiger partial charge is 0.256 e. The van der Waals surface area contributed by atoms with Crippen LogP contribution in [0.3, 0.4) is 0 Å². The summed E-state index contributed by atoms with van der Waals surface area (Å²) in [6, 6.07) is 11.6. The molecule has 7 nitrogen and oxygen atoms in total. The number of nitrogens with zero attached hydrogens (tertiary/aromatic N) is 6. The van der Waals surface area contributed by atoms with E-state index in [-0.39, 0.29) is 11.4 Å². The van der Waals surface area contributed by atoms with Crippen molar-refractivity contribution in [2.24, 2.45) is 0 Å². The molecule has 0 unspecified atom stereocenters. The van der Waals surface area contributed by atoms with Gasteiger partial charge in [-0.1, -0.05) is 12.1 Å². The highest BCUT2D eigenvalue weighted by Gasteiger charge is 2.20. The van der Waals surface area contributed by atoms with Crippen LogP contribution in [0.5, 0.6) is 5.75 Å². The Morgan fingerprint density at radius 1 is 1.19 bits per heavy atom. The third-order valence-electron chi connectivity index (χ3n) is 4.01. The summed E-state index contributed by atoms with van der Waals surface area (Å²) in [6.07, 6.45) is 0.117. The van der Waals surface area contributed by atoms with Gasteiger partial charge in [0.25, 0.3) is 6.43 Å². The van der Waals surface area contributed by atoms with Crippen molar-refractivity contribution < 1.29 is 13.9 Å². The van der Waals surface area contributed by atoms with Gasteiger partial charge in [-0.05, 0) is 24.3 Å². The fourth-order valence-electron chi connectivity index (χ4n) is 2.88. The molecule has 0 bridgehead atoms. The normalized spacial score (nSPS) is 11.2. The second-order valence-corrected chi connectivity index (χ2v) is 5.78. The molecule has 0 saturated heterocycles. The molecule has 1 N–H and O–H groups in total. The number of phenols is 1. The second-order valence-electron chi connectivity index (χ2n) is 5.78. The summed E-state index contributed by atoms with van der Waals surface area (Å²) < 4.78 is 28.7. The number of hydrogen-bond acceptors (Lipinski definition) is 5. The van der Waals surface area contributed by atoms with Crippen molar-refractivity contribution in [1.29, 1.82) is 5.26 Å². The molecule has 3 heterocycles. The van der Waals surface area contributed by atoms with E-state index in [0.717, 1.165) is 0 Å². The number of rotatable bonds is 4. The summed E-state index contributed by atoms with van der Waals surface area (Å²) >= 11 is 0. The average molecular weight is 366 g/mol. The predicted octanol–water partition coefficient (Wildman–Crippen LogP) is 3.10. The maximum absolute atomic E-state index is 13.0. The van der Waals surface area contributed by atoms with Crippen LogP contribution in [0.4, 0.5) is 8.78 Å². The van der Waals surface area contributed by atoms with E-state index in [9.17, 15) is 19.1 Å². The highest BCUT2D eigenvalue weighted by Crippen LogP contribution is 2.32. The van der Waals surface area contributed by atoms with Crippen molar-refractivity contribution in [3.05, 3.63) is 54.6 Å². The minimum absolute atomic E-state index is 0.0339. The number of hydrogen-bond donors (Lipinski definition) is 1. The van der Waals surface area contributed by atoms with Gasteiger partial charge in [-0.3, -0.25) is 0 Å². The summed E-state index contributed by atoms with van der Waals surface area (Å²) in [5.41, 5.74) is 2.37. The molecule has 0 saturated carbocycles. The molecule has 0 fully saturated rings. The van der Waals surface area contributed by atoms with Crippen LogP contribution in [0.25, 0.3) is 28.3 Å². The molecule has 1 aromatic carbocycles. The van der Waals surface area contributed by atoms with E-state index in [0.29, 0.717) is 28.3 Å². The van der Waals surface area contributed by atoms with Gasteiger partial charge in [0, 0.05) is 5.56 Å². The first kappa shape index (κ1) is 16.7. The van der Waals surface area contributed by atoms with Gasteiger partial charge >= 0.3 is 0 Å². The van der Waals surface area contributed by atoms with Gasteiger partial charge in [-0.2, -0.15) is 10.4 Å². The number of nitriles is 1. The van der Waals surface area contributed by atoms with Crippen molar-refractivity contribution in [1.82, 2.24) is 24.1 Å². The van der Waals surface area contributed by atoms with Crippen molar-refractivity contribution >= 4 is 5.65 Å². The summed E-state index contributed by atoms with van der Waals surface area (Å²) in [6.45, 7) is -0.560. The number of aromatic nitrogens is 5. The molecule has 0 amide bonds. The summed E-state index contributed by atoms with van der Waals surface area (Å²) in [4.78, 5) is 8.33. The van der Waals surface area contributed by atoms with Gasteiger partial charge < -0.3 is 9.67 Å². The quantitative estimate of drug-likeness (QED) is 0.599. The lowest BCUT2D eigenvalue weighted by Gasteiger charge is -2.10. The monoisotopic (exact) mass is 366 g/mol. The van der Waals surface area contributed by atoms with Crippen LogP contribution < -0.4 is 0 Å². The maximum atomic E-state index is 13.0. The maximum Gasteiger partial charge on any atom is 0.256 e. The Bertz CT molecular complexity index is 1170. The first-order valence-corrected chi connectivity index (χ1v) is 7.95. The van der Waals surface area contributed by atoms with Gasteiger partial charge in [0.2, 0.25) is 0 Å².